The van der Waals surface area contributed by atoms with Crippen LogP contribution in [0.2, 0.25) is 0 Å². The number of hydrogen-bond acceptors (Lipinski definition) is 3. The van der Waals surface area contributed by atoms with E-state index in [4.69, 9.17) is 0 Å². The summed E-state index contributed by atoms with van der Waals surface area (Å²) in [6.07, 6.45) is 3.46. The molecule has 0 fully saturated rings. The molecule has 0 unspecified atom stereocenters. The summed E-state index contributed by atoms with van der Waals surface area (Å²) in [5, 5.41) is 12.8. The van der Waals surface area contributed by atoms with E-state index >= 15 is 0 Å². The van der Waals surface area contributed by atoms with Gasteiger partial charge < -0.3 is 9.67 Å². The van der Waals surface area contributed by atoms with Gasteiger partial charge in [-0.05, 0) is 47.3 Å². The summed E-state index contributed by atoms with van der Waals surface area (Å²) in [5.41, 5.74) is 3.10. The molecule has 0 amide bonds. The smallest absolute Gasteiger partial charge is 0.352 e. The molecule has 0 saturated heterocycles. The van der Waals surface area contributed by atoms with Crippen LogP contribution in [0.4, 0.5) is 0 Å². The van der Waals surface area contributed by atoms with E-state index in [0.717, 1.165) is 26.7 Å². The summed E-state index contributed by atoms with van der Waals surface area (Å²) >= 11 is 5.28. The van der Waals surface area contributed by atoms with E-state index in [-0.39, 0.29) is 5.69 Å². The number of carboxylic acid groups (broad SMARTS) is 1. The lowest BCUT2D eigenvalue weighted by Crippen LogP contribution is -2.10. The molecule has 0 saturated carbocycles. The molecule has 0 radical (unpaired) electrons. The SMILES string of the molecule is O=C(O)c1ccc(-c2cccnc2)n1Cc1csc2cccc(Br)c12. The van der Waals surface area contributed by atoms with Crippen molar-refractivity contribution in [3.05, 3.63) is 76.0 Å². The van der Waals surface area contributed by atoms with E-state index in [1.54, 1.807) is 29.8 Å². The number of fused-ring (bicyclic) bond motifs is 1. The molecule has 0 aliphatic carbocycles. The van der Waals surface area contributed by atoms with Crippen LogP contribution in [-0.2, 0) is 6.54 Å². The molecule has 0 aliphatic rings. The minimum atomic E-state index is -0.936. The van der Waals surface area contributed by atoms with Gasteiger partial charge >= 0.3 is 5.97 Å². The third-order valence-electron chi connectivity index (χ3n) is 4.11. The maximum Gasteiger partial charge on any atom is 0.352 e. The van der Waals surface area contributed by atoms with Crippen LogP contribution in [0.1, 0.15) is 16.1 Å². The molecule has 1 N–H and O–H groups in total. The molecule has 0 aliphatic heterocycles. The van der Waals surface area contributed by atoms with Crippen molar-refractivity contribution in [3.8, 4) is 11.3 Å². The van der Waals surface area contributed by atoms with Crippen molar-refractivity contribution < 1.29 is 9.90 Å². The van der Waals surface area contributed by atoms with Gasteiger partial charge in [0.25, 0.3) is 0 Å². The summed E-state index contributed by atoms with van der Waals surface area (Å²) in [4.78, 5) is 15.8. The van der Waals surface area contributed by atoms with Crippen LogP contribution in [0.15, 0.2) is 64.7 Å². The second-order valence-electron chi connectivity index (χ2n) is 5.61. The second kappa shape index (κ2) is 6.46. The normalized spacial score (nSPS) is 11.1. The zero-order valence-corrected chi connectivity index (χ0v) is 15.4. The topological polar surface area (TPSA) is 55.1 Å². The Kier molecular flexibility index (Phi) is 4.15. The summed E-state index contributed by atoms with van der Waals surface area (Å²) in [7, 11) is 0. The Bertz CT molecular complexity index is 1070. The van der Waals surface area contributed by atoms with Gasteiger partial charge in [0.2, 0.25) is 0 Å². The average Bonchev–Trinajstić information content (AvgIpc) is 3.21. The Labute approximate surface area is 156 Å². The highest BCUT2D eigenvalue weighted by Crippen LogP contribution is 2.34. The molecule has 25 heavy (non-hydrogen) atoms. The van der Waals surface area contributed by atoms with Gasteiger partial charge in [0.1, 0.15) is 5.69 Å². The quantitative estimate of drug-likeness (QED) is 0.496. The van der Waals surface area contributed by atoms with Crippen molar-refractivity contribution in [1.82, 2.24) is 9.55 Å². The number of pyridine rings is 1. The Balaban J connectivity index is 1.87. The monoisotopic (exact) mass is 412 g/mol. The first-order chi connectivity index (χ1) is 12.1. The first-order valence-electron chi connectivity index (χ1n) is 7.63. The number of aromatic nitrogens is 2. The lowest BCUT2D eigenvalue weighted by molar-refractivity contribution is 0.0686. The Hall–Kier alpha value is -2.44. The molecule has 6 heteroatoms. The van der Waals surface area contributed by atoms with Crippen molar-refractivity contribution in [2.45, 2.75) is 6.54 Å². The summed E-state index contributed by atoms with van der Waals surface area (Å²) < 4.78 is 4.03. The number of nitrogens with zero attached hydrogens (tertiary/aromatic N) is 2. The zero-order valence-electron chi connectivity index (χ0n) is 13.0. The van der Waals surface area contributed by atoms with E-state index in [9.17, 15) is 9.90 Å². The van der Waals surface area contributed by atoms with Crippen LogP contribution < -0.4 is 0 Å². The number of benzene rings is 1. The standard InChI is InChI=1S/C19H13BrN2O2S/c20-14-4-1-5-17-18(14)13(11-25-17)10-22-15(6-7-16(22)19(23)24)12-3-2-8-21-9-12/h1-9,11H,10H2,(H,23,24). The van der Waals surface area contributed by atoms with Crippen LogP contribution in [-0.4, -0.2) is 20.6 Å². The Morgan fingerprint density at radius 1 is 1.20 bits per heavy atom. The van der Waals surface area contributed by atoms with E-state index in [1.807, 2.05) is 34.9 Å². The molecule has 4 aromatic rings. The lowest BCUT2D eigenvalue weighted by Gasteiger charge is -2.12. The number of carbonyl (C=O) groups is 1. The van der Waals surface area contributed by atoms with Gasteiger partial charge in [0, 0.05) is 39.1 Å². The van der Waals surface area contributed by atoms with Crippen LogP contribution in [0.3, 0.4) is 0 Å². The molecular formula is C19H13BrN2O2S. The lowest BCUT2D eigenvalue weighted by atomic mass is 10.1. The van der Waals surface area contributed by atoms with Crippen LogP contribution in [0.25, 0.3) is 21.3 Å². The number of carboxylic acids is 1. The third-order valence-corrected chi connectivity index (χ3v) is 5.77. The first-order valence-corrected chi connectivity index (χ1v) is 9.30. The largest absolute Gasteiger partial charge is 0.477 e. The summed E-state index contributed by atoms with van der Waals surface area (Å²) in [6.45, 7) is 0.488. The van der Waals surface area contributed by atoms with Crippen molar-refractivity contribution in [1.29, 1.82) is 0 Å². The van der Waals surface area contributed by atoms with Crippen LogP contribution >= 0.6 is 27.3 Å². The number of halogens is 1. The predicted molar refractivity (Wildman–Crippen MR) is 103 cm³/mol. The average molecular weight is 413 g/mol. The minimum absolute atomic E-state index is 0.269. The Morgan fingerprint density at radius 2 is 2.08 bits per heavy atom. The zero-order chi connectivity index (χ0) is 17.4. The summed E-state index contributed by atoms with van der Waals surface area (Å²) in [6, 6.07) is 13.4. The van der Waals surface area contributed by atoms with Gasteiger partial charge in [-0.3, -0.25) is 4.98 Å². The molecule has 4 rings (SSSR count). The highest BCUT2D eigenvalue weighted by atomic mass is 79.9. The molecule has 0 bridgehead atoms. The van der Waals surface area contributed by atoms with Gasteiger partial charge in [-0.1, -0.05) is 22.0 Å². The predicted octanol–water partition coefficient (Wildman–Crippen LogP) is 5.27. The maximum atomic E-state index is 11.7. The maximum absolute atomic E-state index is 11.7. The van der Waals surface area contributed by atoms with Gasteiger partial charge in [0.05, 0.1) is 5.69 Å². The third kappa shape index (κ3) is 2.88. The highest BCUT2D eigenvalue weighted by Gasteiger charge is 2.17. The number of aromatic carboxylic acids is 1. The van der Waals surface area contributed by atoms with Gasteiger partial charge in [-0.25, -0.2) is 4.79 Å². The van der Waals surface area contributed by atoms with E-state index in [0.29, 0.717) is 6.54 Å². The molecule has 3 heterocycles. The molecule has 3 aromatic heterocycles. The fraction of sp³-hybridized carbons (Fsp3) is 0.0526. The van der Waals surface area contributed by atoms with Crippen molar-refractivity contribution in [2.24, 2.45) is 0 Å². The molecule has 1 aromatic carbocycles. The van der Waals surface area contributed by atoms with Crippen LogP contribution in [0.5, 0.6) is 0 Å². The van der Waals surface area contributed by atoms with Crippen LogP contribution in [0, 0.1) is 0 Å². The first kappa shape index (κ1) is 16.1. The van der Waals surface area contributed by atoms with Crippen molar-refractivity contribution >= 4 is 43.3 Å². The molecular weight excluding hydrogens is 400 g/mol. The van der Waals surface area contributed by atoms with E-state index < -0.39 is 5.97 Å². The number of rotatable bonds is 4. The summed E-state index contributed by atoms with van der Waals surface area (Å²) in [5.74, 6) is -0.936. The van der Waals surface area contributed by atoms with Crippen molar-refractivity contribution in [2.75, 3.05) is 0 Å². The fourth-order valence-electron chi connectivity index (χ4n) is 2.99. The van der Waals surface area contributed by atoms with E-state index in [2.05, 4.69) is 32.4 Å². The van der Waals surface area contributed by atoms with Gasteiger partial charge in [0.15, 0.2) is 0 Å². The van der Waals surface area contributed by atoms with Crippen molar-refractivity contribution in [3.63, 3.8) is 0 Å². The molecule has 4 nitrogen and oxygen atoms in total. The highest BCUT2D eigenvalue weighted by molar-refractivity contribution is 9.10. The number of hydrogen-bond donors (Lipinski definition) is 1. The Morgan fingerprint density at radius 3 is 2.84 bits per heavy atom. The van der Waals surface area contributed by atoms with E-state index in [1.165, 1.54) is 4.70 Å². The molecule has 0 atom stereocenters. The van der Waals surface area contributed by atoms with Gasteiger partial charge in [-0.15, -0.1) is 11.3 Å². The second-order valence-corrected chi connectivity index (χ2v) is 7.38. The minimum Gasteiger partial charge on any atom is -0.477 e. The fourth-order valence-corrected chi connectivity index (χ4v) is 4.72. The molecule has 0 spiro atoms. The molecule has 124 valence electrons. The number of thiophene rings is 1. The van der Waals surface area contributed by atoms with Gasteiger partial charge in [-0.2, -0.15) is 0 Å².